The second-order valence-corrected chi connectivity index (χ2v) is 4.82. The van der Waals surface area contributed by atoms with Crippen LogP contribution in [0.15, 0.2) is 34.8 Å². The van der Waals surface area contributed by atoms with Crippen molar-refractivity contribution in [2.24, 2.45) is 0 Å². The van der Waals surface area contributed by atoms with Gasteiger partial charge in [0, 0.05) is 11.4 Å². The van der Waals surface area contributed by atoms with Crippen LogP contribution in [-0.2, 0) is 0 Å². The van der Waals surface area contributed by atoms with Crippen LogP contribution in [0.2, 0.25) is 0 Å². The zero-order chi connectivity index (χ0) is 13.8. The van der Waals surface area contributed by atoms with E-state index in [0.29, 0.717) is 11.4 Å². The Labute approximate surface area is 120 Å². The third-order valence-corrected chi connectivity index (χ3v) is 3.13. The van der Waals surface area contributed by atoms with Crippen molar-refractivity contribution in [1.29, 1.82) is 5.26 Å². The molecular weight excluding hydrogens is 306 g/mol. The van der Waals surface area contributed by atoms with E-state index in [4.69, 9.17) is 10.00 Å². The maximum absolute atomic E-state index is 8.94. The summed E-state index contributed by atoms with van der Waals surface area (Å²) in [5.41, 5.74) is 2.26. The van der Waals surface area contributed by atoms with E-state index >= 15 is 0 Å². The SMILES string of the molecule is COc1ccc(Nc2cc(C#N)cc(C)n2)cc1Br. The molecule has 0 fully saturated rings. The first-order valence-electron chi connectivity index (χ1n) is 5.61. The van der Waals surface area contributed by atoms with Gasteiger partial charge in [-0.05, 0) is 53.2 Å². The maximum atomic E-state index is 8.94. The molecule has 0 unspecified atom stereocenters. The van der Waals surface area contributed by atoms with Crippen LogP contribution in [0.3, 0.4) is 0 Å². The molecule has 2 aromatic rings. The number of benzene rings is 1. The molecule has 0 aliphatic rings. The normalized spacial score (nSPS) is 9.79. The van der Waals surface area contributed by atoms with E-state index in [0.717, 1.165) is 21.6 Å². The lowest BCUT2D eigenvalue weighted by atomic mass is 10.2. The number of halogens is 1. The molecule has 0 bridgehead atoms. The molecule has 1 N–H and O–H groups in total. The van der Waals surface area contributed by atoms with Gasteiger partial charge >= 0.3 is 0 Å². The minimum absolute atomic E-state index is 0.586. The summed E-state index contributed by atoms with van der Waals surface area (Å²) in [5.74, 6) is 1.41. The number of ether oxygens (including phenoxy) is 1. The zero-order valence-corrected chi connectivity index (χ0v) is 12.2. The van der Waals surface area contributed by atoms with Crippen LogP contribution in [0.1, 0.15) is 11.3 Å². The van der Waals surface area contributed by atoms with Gasteiger partial charge in [-0.15, -0.1) is 0 Å². The number of aromatic nitrogens is 1. The van der Waals surface area contributed by atoms with E-state index < -0.39 is 0 Å². The second-order valence-electron chi connectivity index (χ2n) is 3.97. The Balaban J connectivity index is 2.29. The third kappa shape index (κ3) is 3.24. The van der Waals surface area contributed by atoms with Crippen molar-refractivity contribution in [1.82, 2.24) is 4.98 Å². The molecule has 1 aromatic carbocycles. The lowest BCUT2D eigenvalue weighted by molar-refractivity contribution is 0.412. The Kier molecular flexibility index (Phi) is 4.03. The number of pyridine rings is 1. The fraction of sp³-hybridized carbons (Fsp3) is 0.143. The Bertz CT molecular complexity index is 650. The summed E-state index contributed by atoms with van der Waals surface area (Å²) in [4.78, 5) is 4.34. The number of hydrogen-bond donors (Lipinski definition) is 1. The summed E-state index contributed by atoms with van der Waals surface area (Å²) in [7, 11) is 1.62. The molecule has 0 atom stereocenters. The summed E-state index contributed by atoms with van der Waals surface area (Å²) in [6.07, 6.45) is 0. The van der Waals surface area contributed by atoms with Crippen LogP contribution < -0.4 is 10.1 Å². The number of rotatable bonds is 3. The average molecular weight is 318 g/mol. The van der Waals surface area contributed by atoms with Gasteiger partial charge < -0.3 is 10.1 Å². The minimum Gasteiger partial charge on any atom is -0.496 e. The third-order valence-electron chi connectivity index (χ3n) is 2.51. The largest absolute Gasteiger partial charge is 0.496 e. The number of aryl methyl sites for hydroxylation is 1. The monoisotopic (exact) mass is 317 g/mol. The number of nitriles is 1. The van der Waals surface area contributed by atoms with Crippen molar-refractivity contribution >= 4 is 27.4 Å². The lowest BCUT2D eigenvalue weighted by Crippen LogP contribution is -1.96. The highest BCUT2D eigenvalue weighted by molar-refractivity contribution is 9.10. The van der Waals surface area contributed by atoms with Crippen molar-refractivity contribution in [3.05, 3.63) is 46.1 Å². The molecule has 0 aliphatic heterocycles. The molecule has 5 heteroatoms. The van der Waals surface area contributed by atoms with Gasteiger partial charge in [-0.25, -0.2) is 4.98 Å². The number of anilines is 2. The molecule has 0 amide bonds. The van der Waals surface area contributed by atoms with E-state index in [-0.39, 0.29) is 0 Å². The van der Waals surface area contributed by atoms with Crippen molar-refractivity contribution in [2.45, 2.75) is 6.92 Å². The Hall–Kier alpha value is -2.06. The fourth-order valence-corrected chi connectivity index (χ4v) is 2.23. The van der Waals surface area contributed by atoms with Gasteiger partial charge in [0.15, 0.2) is 0 Å². The van der Waals surface area contributed by atoms with Gasteiger partial charge in [0.25, 0.3) is 0 Å². The van der Waals surface area contributed by atoms with Gasteiger partial charge in [0.05, 0.1) is 23.2 Å². The molecule has 4 nitrogen and oxygen atoms in total. The van der Waals surface area contributed by atoms with Gasteiger partial charge in [-0.2, -0.15) is 5.26 Å². The Morgan fingerprint density at radius 1 is 1.32 bits per heavy atom. The number of methoxy groups -OCH3 is 1. The Morgan fingerprint density at radius 2 is 2.11 bits per heavy atom. The van der Waals surface area contributed by atoms with Crippen LogP contribution in [0.4, 0.5) is 11.5 Å². The first-order chi connectivity index (χ1) is 9.12. The highest BCUT2D eigenvalue weighted by atomic mass is 79.9. The standard InChI is InChI=1S/C14H12BrN3O/c1-9-5-10(8-16)6-14(17-9)18-11-3-4-13(19-2)12(15)7-11/h3-7H,1-2H3,(H,17,18). The number of nitrogens with zero attached hydrogens (tertiary/aromatic N) is 2. The first kappa shape index (κ1) is 13.4. The van der Waals surface area contributed by atoms with E-state index in [1.54, 1.807) is 19.2 Å². The van der Waals surface area contributed by atoms with Crippen molar-refractivity contribution < 1.29 is 4.74 Å². The van der Waals surface area contributed by atoms with E-state index in [1.165, 1.54) is 0 Å². The van der Waals surface area contributed by atoms with E-state index in [1.807, 2.05) is 25.1 Å². The van der Waals surface area contributed by atoms with E-state index in [2.05, 4.69) is 32.3 Å². The smallest absolute Gasteiger partial charge is 0.133 e. The van der Waals surface area contributed by atoms with Crippen LogP contribution in [0.25, 0.3) is 0 Å². The minimum atomic E-state index is 0.586. The Morgan fingerprint density at radius 3 is 2.74 bits per heavy atom. The van der Waals surface area contributed by atoms with Crippen molar-refractivity contribution in [2.75, 3.05) is 12.4 Å². The number of nitrogens with one attached hydrogen (secondary N) is 1. The molecule has 0 aliphatic carbocycles. The molecule has 2 rings (SSSR count). The highest BCUT2D eigenvalue weighted by Crippen LogP contribution is 2.29. The molecule has 96 valence electrons. The predicted molar refractivity (Wildman–Crippen MR) is 77.7 cm³/mol. The molecule has 0 saturated heterocycles. The zero-order valence-electron chi connectivity index (χ0n) is 10.6. The van der Waals surface area contributed by atoms with Crippen LogP contribution in [-0.4, -0.2) is 12.1 Å². The van der Waals surface area contributed by atoms with E-state index in [9.17, 15) is 0 Å². The molecule has 19 heavy (non-hydrogen) atoms. The molecular formula is C14H12BrN3O. The molecule has 1 aromatic heterocycles. The lowest BCUT2D eigenvalue weighted by Gasteiger charge is -2.09. The number of hydrogen-bond acceptors (Lipinski definition) is 4. The molecule has 0 radical (unpaired) electrons. The molecule has 0 saturated carbocycles. The molecule has 0 spiro atoms. The van der Waals surface area contributed by atoms with Crippen molar-refractivity contribution in [3.63, 3.8) is 0 Å². The van der Waals surface area contributed by atoms with Gasteiger partial charge in [-0.3, -0.25) is 0 Å². The van der Waals surface area contributed by atoms with Gasteiger partial charge in [0.2, 0.25) is 0 Å². The van der Waals surface area contributed by atoms with Crippen LogP contribution >= 0.6 is 15.9 Å². The van der Waals surface area contributed by atoms with Gasteiger partial charge in [0.1, 0.15) is 11.6 Å². The highest BCUT2D eigenvalue weighted by Gasteiger charge is 2.04. The quantitative estimate of drug-likeness (QED) is 0.936. The topological polar surface area (TPSA) is 57.9 Å². The van der Waals surface area contributed by atoms with Gasteiger partial charge in [-0.1, -0.05) is 0 Å². The second kappa shape index (κ2) is 5.72. The fourth-order valence-electron chi connectivity index (χ4n) is 1.69. The summed E-state index contributed by atoms with van der Waals surface area (Å²) in [6.45, 7) is 1.86. The summed E-state index contributed by atoms with van der Waals surface area (Å²) in [5, 5.41) is 12.1. The first-order valence-corrected chi connectivity index (χ1v) is 6.41. The molecule has 1 heterocycles. The summed E-state index contributed by atoms with van der Waals surface area (Å²) in [6, 6.07) is 11.2. The van der Waals surface area contributed by atoms with Crippen LogP contribution in [0.5, 0.6) is 5.75 Å². The average Bonchev–Trinajstić information content (AvgIpc) is 2.38. The van der Waals surface area contributed by atoms with Crippen LogP contribution in [0, 0.1) is 18.3 Å². The summed E-state index contributed by atoms with van der Waals surface area (Å²) >= 11 is 3.43. The van der Waals surface area contributed by atoms with Crippen molar-refractivity contribution in [3.8, 4) is 11.8 Å². The summed E-state index contributed by atoms with van der Waals surface area (Å²) < 4.78 is 6.03. The predicted octanol–water partition coefficient (Wildman–Crippen LogP) is 3.78. The maximum Gasteiger partial charge on any atom is 0.133 e.